The molecular weight excluding hydrogens is 186 g/mol. The van der Waals surface area contributed by atoms with Gasteiger partial charge in [0.25, 0.3) is 0 Å². The van der Waals surface area contributed by atoms with E-state index >= 15 is 0 Å². The molecule has 0 saturated carbocycles. The lowest BCUT2D eigenvalue weighted by Crippen LogP contribution is -1.99. The molecule has 0 radical (unpaired) electrons. The summed E-state index contributed by atoms with van der Waals surface area (Å²) in [6.07, 6.45) is 2.74. The zero-order valence-corrected chi connectivity index (χ0v) is 7.14. The summed E-state index contributed by atoms with van der Waals surface area (Å²) < 4.78 is 9.98. The number of carboxylic acids is 1. The molecule has 0 aliphatic carbocycles. The lowest BCUT2D eigenvalue weighted by molar-refractivity contribution is -0.136. The van der Waals surface area contributed by atoms with Gasteiger partial charge in [-0.2, -0.15) is 0 Å². The van der Waals surface area contributed by atoms with Crippen molar-refractivity contribution in [2.75, 3.05) is 0 Å². The van der Waals surface area contributed by atoms with Crippen LogP contribution in [-0.4, -0.2) is 16.2 Å². The molecule has 72 valence electrons. The number of aromatic nitrogens is 1. The van der Waals surface area contributed by atoms with Crippen LogP contribution >= 0.6 is 0 Å². The third-order valence-corrected chi connectivity index (χ3v) is 1.73. The molecule has 2 aromatic heterocycles. The Morgan fingerprint density at radius 2 is 2.43 bits per heavy atom. The Labute approximate surface area is 78.9 Å². The predicted molar refractivity (Wildman–Crippen MR) is 45.5 cm³/mol. The Balaban J connectivity index is 2.35. The highest BCUT2D eigenvalue weighted by molar-refractivity contribution is 5.73. The van der Waals surface area contributed by atoms with Gasteiger partial charge in [-0.15, -0.1) is 0 Å². The zero-order chi connectivity index (χ0) is 9.97. The van der Waals surface area contributed by atoms with E-state index in [-0.39, 0.29) is 6.42 Å². The van der Waals surface area contributed by atoms with Crippen LogP contribution in [0.15, 0.2) is 33.5 Å². The van der Waals surface area contributed by atoms with Crippen molar-refractivity contribution in [3.8, 4) is 11.5 Å². The first kappa shape index (κ1) is 8.55. The standard InChI is InChI=1S/C9H7NO4/c11-8(12)4-6-5-10-14-9(6)7-2-1-3-13-7/h1-3,5H,4H2,(H,11,12). The Morgan fingerprint density at radius 3 is 3.07 bits per heavy atom. The molecule has 5 nitrogen and oxygen atoms in total. The molecule has 0 fully saturated rings. The SMILES string of the molecule is O=C(O)Cc1cnoc1-c1ccco1. The van der Waals surface area contributed by atoms with E-state index in [0.29, 0.717) is 17.1 Å². The summed E-state index contributed by atoms with van der Waals surface area (Å²) in [7, 11) is 0. The second-order valence-electron chi connectivity index (χ2n) is 2.73. The highest BCUT2D eigenvalue weighted by Crippen LogP contribution is 2.23. The quantitative estimate of drug-likeness (QED) is 0.800. The maximum absolute atomic E-state index is 10.5. The lowest BCUT2D eigenvalue weighted by Gasteiger charge is -1.93. The first-order chi connectivity index (χ1) is 6.77. The first-order valence-electron chi connectivity index (χ1n) is 3.96. The van der Waals surface area contributed by atoms with Crippen molar-refractivity contribution in [3.63, 3.8) is 0 Å². The fourth-order valence-electron chi connectivity index (χ4n) is 1.16. The normalized spacial score (nSPS) is 10.3. The summed E-state index contributed by atoms with van der Waals surface area (Å²) in [5, 5.41) is 12.1. The van der Waals surface area contributed by atoms with E-state index in [2.05, 4.69) is 5.16 Å². The van der Waals surface area contributed by atoms with E-state index in [1.165, 1.54) is 12.5 Å². The molecule has 0 spiro atoms. The summed E-state index contributed by atoms with van der Waals surface area (Å²) in [4.78, 5) is 10.5. The highest BCUT2D eigenvalue weighted by Gasteiger charge is 2.15. The average molecular weight is 193 g/mol. The summed E-state index contributed by atoms with van der Waals surface area (Å²) in [5.41, 5.74) is 0.507. The number of carboxylic acid groups (broad SMARTS) is 1. The van der Waals surface area contributed by atoms with Gasteiger partial charge in [0.1, 0.15) is 0 Å². The molecule has 1 N–H and O–H groups in total. The molecule has 0 saturated heterocycles. The van der Waals surface area contributed by atoms with E-state index in [1.807, 2.05) is 0 Å². The van der Waals surface area contributed by atoms with Crippen LogP contribution < -0.4 is 0 Å². The molecule has 0 aromatic carbocycles. The fourth-order valence-corrected chi connectivity index (χ4v) is 1.16. The lowest BCUT2D eigenvalue weighted by atomic mass is 10.1. The van der Waals surface area contributed by atoms with E-state index in [4.69, 9.17) is 14.0 Å². The number of hydrogen-bond acceptors (Lipinski definition) is 4. The van der Waals surface area contributed by atoms with Gasteiger partial charge < -0.3 is 14.0 Å². The van der Waals surface area contributed by atoms with Crippen molar-refractivity contribution >= 4 is 5.97 Å². The van der Waals surface area contributed by atoms with Crippen molar-refractivity contribution in [1.29, 1.82) is 0 Å². The largest absolute Gasteiger partial charge is 0.481 e. The van der Waals surface area contributed by atoms with Crippen LogP contribution in [-0.2, 0) is 11.2 Å². The van der Waals surface area contributed by atoms with Crippen molar-refractivity contribution in [2.24, 2.45) is 0 Å². The maximum atomic E-state index is 10.5. The van der Waals surface area contributed by atoms with E-state index in [1.54, 1.807) is 12.1 Å². The third kappa shape index (κ3) is 1.52. The Bertz CT molecular complexity index is 429. The minimum atomic E-state index is -0.930. The molecule has 0 bridgehead atoms. The fraction of sp³-hybridized carbons (Fsp3) is 0.111. The second kappa shape index (κ2) is 3.37. The molecule has 0 unspecified atom stereocenters. The van der Waals surface area contributed by atoms with Crippen LogP contribution in [0.25, 0.3) is 11.5 Å². The van der Waals surface area contributed by atoms with Crippen LogP contribution in [0.2, 0.25) is 0 Å². The van der Waals surface area contributed by atoms with Crippen molar-refractivity contribution < 1.29 is 18.8 Å². The summed E-state index contributed by atoms with van der Waals surface area (Å²) in [6, 6.07) is 3.38. The van der Waals surface area contributed by atoms with E-state index in [9.17, 15) is 4.79 Å². The smallest absolute Gasteiger partial charge is 0.308 e. The van der Waals surface area contributed by atoms with Crippen LogP contribution in [0.3, 0.4) is 0 Å². The monoisotopic (exact) mass is 193 g/mol. The number of rotatable bonds is 3. The van der Waals surface area contributed by atoms with Gasteiger partial charge in [0.05, 0.1) is 18.9 Å². The van der Waals surface area contributed by atoms with Gasteiger partial charge in [-0.05, 0) is 12.1 Å². The van der Waals surface area contributed by atoms with Gasteiger partial charge in [0, 0.05) is 5.56 Å². The summed E-state index contributed by atoms with van der Waals surface area (Å²) in [6.45, 7) is 0. The topological polar surface area (TPSA) is 76.5 Å². The van der Waals surface area contributed by atoms with Crippen molar-refractivity contribution in [3.05, 3.63) is 30.2 Å². The van der Waals surface area contributed by atoms with Gasteiger partial charge >= 0.3 is 5.97 Å². The summed E-state index contributed by atoms with van der Waals surface area (Å²) >= 11 is 0. The van der Waals surface area contributed by atoms with Gasteiger partial charge in [0.2, 0.25) is 5.76 Å². The Hall–Kier alpha value is -2.04. The van der Waals surface area contributed by atoms with E-state index in [0.717, 1.165) is 0 Å². The first-order valence-corrected chi connectivity index (χ1v) is 3.96. The molecule has 2 heterocycles. The number of furan rings is 1. The van der Waals surface area contributed by atoms with Crippen molar-refractivity contribution in [2.45, 2.75) is 6.42 Å². The number of hydrogen-bond donors (Lipinski definition) is 1. The minimum absolute atomic E-state index is 0.125. The number of aliphatic carboxylic acids is 1. The van der Waals surface area contributed by atoms with Crippen LogP contribution in [0.5, 0.6) is 0 Å². The molecule has 0 aliphatic rings. The predicted octanol–water partition coefficient (Wildman–Crippen LogP) is 1.56. The molecule has 2 aromatic rings. The third-order valence-electron chi connectivity index (χ3n) is 1.73. The van der Waals surface area contributed by atoms with Gasteiger partial charge in [0.15, 0.2) is 5.76 Å². The average Bonchev–Trinajstić information content (AvgIpc) is 2.70. The maximum Gasteiger partial charge on any atom is 0.308 e. The van der Waals surface area contributed by atoms with Crippen LogP contribution in [0.4, 0.5) is 0 Å². The van der Waals surface area contributed by atoms with Crippen molar-refractivity contribution in [1.82, 2.24) is 5.16 Å². The molecule has 0 atom stereocenters. The Morgan fingerprint density at radius 1 is 1.57 bits per heavy atom. The van der Waals surface area contributed by atoms with E-state index < -0.39 is 5.97 Å². The molecule has 2 rings (SSSR count). The van der Waals surface area contributed by atoms with Crippen LogP contribution in [0.1, 0.15) is 5.56 Å². The summed E-state index contributed by atoms with van der Waals surface area (Å²) in [5.74, 6) is -0.0721. The molecule has 0 amide bonds. The minimum Gasteiger partial charge on any atom is -0.481 e. The van der Waals surface area contributed by atoms with Gasteiger partial charge in [-0.3, -0.25) is 4.79 Å². The molecule has 0 aliphatic heterocycles. The number of carbonyl (C=O) groups is 1. The molecule has 5 heteroatoms. The Kier molecular flexibility index (Phi) is 2.06. The van der Waals surface area contributed by atoms with Crippen LogP contribution in [0, 0.1) is 0 Å². The van der Waals surface area contributed by atoms with Gasteiger partial charge in [-0.1, -0.05) is 5.16 Å². The second-order valence-corrected chi connectivity index (χ2v) is 2.73. The molecule has 14 heavy (non-hydrogen) atoms. The van der Waals surface area contributed by atoms with Gasteiger partial charge in [-0.25, -0.2) is 0 Å². The number of nitrogens with zero attached hydrogens (tertiary/aromatic N) is 1. The molecular formula is C9H7NO4. The highest BCUT2D eigenvalue weighted by atomic mass is 16.5. The zero-order valence-electron chi connectivity index (χ0n) is 7.14.